The molecule has 1 aliphatic heterocycles. The number of carbonyl (C=O) groups excluding carboxylic acids is 2. The molecule has 26 heavy (non-hydrogen) atoms. The lowest BCUT2D eigenvalue weighted by Crippen LogP contribution is -2.30. The summed E-state index contributed by atoms with van der Waals surface area (Å²) < 4.78 is 1.77. The Morgan fingerprint density at radius 2 is 1.85 bits per heavy atom. The normalized spacial score (nSPS) is 15.0. The third-order valence-electron chi connectivity index (χ3n) is 4.25. The predicted molar refractivity (Wildman–Crippen MR) is 98.2 cm³/mol. The fourth-order valence-electron chi connectivity index (χ4n) is 2.88. The highest BCUT2D eigenvalue weighted by atomic mass is 16.2. The van der Waals surface area contributed by atoms with Crippen molar-refractivity contribution in [1.29, 1.82) is 0 Å². The van der Waals surface area contributed by atoms with Crippen molar-refractivity contribution in [3.8, 4) is 0 Å². The summed E-state index contributed by atoms with van der Waals surface area (Å²) >= 11 is 0. The van der Waals surface area contributed by atoms with Crippen LogP contribution in [0.3, 0.4) is 0 Å². The van der Waals surface area contributed by atoms with Crippen molar-refractivity contribution in [2.75, 3.05) is 18.4 Å². The van der Waals surface area contributed by atoms with E-state index in [0.29, 0.717) is 11.3 Å². The van der Waals surface area contributed by atoms with Crippen molar-refractivity contribution in [3.63, 3.8) is 0 Å². The van der Waals surface area contributed by atoms with Gasteiger partial charge >= 0.3 is 0 Å². The first-order valence-corrected chi connectivity index (χ1v) is 8.88. The van der Waals surface area contributed by atoms with Crippen LogP contribution in [0.5, 0.6) is 0 Å². The minimum Gasteiger partial charge on any atom is -0.350 e. The molecule has 0 bridgehead atoms. The first-order valence-electron chi connectivity index (χ1n) is 8.88. The fraction of sp³-hybridized carbons (Fsp3) is 0.444. The highest BCUT2D eigenvalue weighted by Crippen LogP contribution is 2.17. The second kappa shape index (κ2) is 8.09. The summed E-state index contributed by atoms with van der Waals surface area (Å²) in [6, 6.07) is 7.11. The smallest absolute Gasteiger partial charge is 0.277 e. The van der Waals surface area contributed by atoms with E-state index in [9.17, 15) is 9.59 Å². The van der Waals surface area contributed by atoms with Gasteiger partial charge in [-0.2, -0.15) is 0 Å². The first-order chi connectivity index (χ1) is 12.5. The molecule has 0 aliphatic carbocycles. The fourth-order valence-corrected chi connectivity index (χ4v) is 2.88. The maximum Gasteiger partial charge on any atom is 0.277 e. The molecule has 2 amide bonds. The van der Waals surface area contributed by atoms with E-state index < -0.39 is 0 Å². The van der Waals surface area contributed by atoms with E-state index in [0.717, 1.165) is 25.9 Å². The molecule has 3 rings (SSSR count). The Balaban J connectivity index is 1.61. The molecular weight excluding hydrogens is 332 g/mol. The van der Waals surface area contributed by atoms with Crippen LogP contribution in [0.1, 0.15) is 53.6 Å². The van der Waals surface area contributed by atoms with Crippen molar-refractivity contribution in [3.05, 3.63) is 41.7 Å². The second-order valence-corrected chi connectivity index (χ2v) is 6.72. The number of carbonyl (C=O) groups is 2. The van der Waals surface area contributed by atoms with E-state index in [1.165, 1.54) is 0 Å². The number of aromatic nitrogens is 3. The number of anilines is 1. The molecule has 0 radical (unpaired) electrons. The van der Waals surface area contributed by atoms with Crippen LogP contribution in [-0.4, -0.2) is 45.9 Å². The average Bonchev–Trinajstić information content (AvgIpc) is 3.13. The highest BCUT2D eigenvalue weighted by Gasteiger charge is 2.19. The van der Waals surface area contributed by atoms with Crippen LogP contribution in [0, 0.1) is 0 Å². The van der Waals surface area contributed by atoms with E-state index in [2.05, 4.69) is 26.3 Å². The molecule has 2 aromatic rings. The molecule has 1 aromatic carbocycles. The molecule has 0 spiro atoms. The highest BCUT2D eigenvalue weighted by molar-refractivity contribution is 6.03. The van der Waals surface area contributed by atoms with Crippen LogP contribution < -0.4 is 16.0 Å². The van der Waals surface area contributed by atoms with Gasteiger partial charge < -0.3 is 16.0 Å². The minimum atomic E-state index is -0.315. The Labute approximate surface area is 152 Å². The van der Waals surface area contributed by atoms with Crippen molar-refractivity contribution in [1.82, 2.24) is 25.6 Å². The van der Waals surface area contributed by atoms with Crippen molar-refractivity contribution >= 4 is 17.5 Å². The maximum absolute atomic E-state index is 12.4. The molecule has 8 heteroatoms. The summed E-state index contributed by atoms with van der Waals surface area (Å²) in [4.78, 5) is 24.3. The van der Waals surface area contributed by atoms with Gasteiger partial charge in [0, 0.05) is 17.3 Å². The predicted octanol–water partition coefficient (Wildman–Crippen LogP) is 1.59. The zero-order valence-corrected chi connectivity index (χ0v) is 15.0. The van der Waals surface area contributed by atoms with E-state index in [-0.39, 0.29) is 29.6 Å². The number of nitrogens with zero attached hydrogens (tertiary/aromatic N) is 3. The third-order valence-corrected chi connectivity index (χ3v) is 4.25. The van der Waals surface area contributed by atoms with Crippen LogP contribution in [0.15, 0.2) is 30.5 Å². The van der Waals surface area contributed by atoms with E-state index in [1.807, 2.05) is 13.8 Å². The molecule has 1 fully saturated rings. The monoisotopic (exact) mass is 356 g/mol. The van der Waals surface area contributed by atoms with E-state index in [4.69, 9.17) is 0 Å². The Morgan fingerprint density at radius 3 is 2.50 bits per heavy atom. The summed E-state index contributed by atoms with van der Waals surface area (Å²) in [6.07, 6.45) is 3.64. The number of piperidine rings is 1. The van der Waals surface area contributed by atoms with Gasteiger partial charge in [-0.25, -0.2) is 4.68 Å². The van der Waals surface area contributed by atoms with Crippen molar-refractivity contribution in [2.24, 2.45) is 0 Å². The standard InChI is InChI=1S/C18H24N6O2/c1-12(2)20-17(25)13-3-5-14(6-4-13)21-18(26)16-11-24(23-22-16)15-7-9-19-10-8-15/h3-6,11-12,15,19H,7-10H2,1-2H3,(H,20,25)(H,21,26). The van der Waals surface area contributed by atoms with Crippen LogP contribution in [0.4, 0.5) is 5.69 Å². The third kappa shape index (κ3) is 4.45. The molecule has 1 aromatic heterocycles. The molecule has 1 aliphatic rings. The summed E-state index contributed by atoms with van der Waals surface area (Å²) in [5.41, 5.74) is 1.44. The molecule has 1 saturated heterocycles. The van der Waals surface area contributed by atoms with Gasteiger partial charge in [0.2, 0.25) is 0 Å². The second-order valence-electron chi connectivity index (χ2n) is 6.72. The summed E-state index contributed by atoms with van der Waals surface area (Å²) in [7, 11) is 0. The molecule has 0 unspecified atom stereocenters. The molecule has 0 atom stereocenters. The van der Waals surface area contributed by atoms with Gasteiger partial charge in [-0.3, -0.25) is 9.59 Å². The SMILES string of the molecule is CC(C)NC(=O)c1ccc(NC(=O)c2cn(C3CCNCC3)nn2)cc1. The lowest BCUT2D eigenvalue weighted by atomic mass is 10.1. The summed E-state index contributed by atoms with van der Waals surface area (Å²) in [5.74, 6) is -0.452. The number of nitrogens with one attached hydrogen (secondary N) is 3. The number of hydrogen-bond donors (Lipinski definition) is 3. The van der Waals surface area contributed by atoms with E-state index >= 15 is 0 Å². The molecule has 3 N–H and O–H groups in total. The maximum atomic E-state index is 12.4. The van der Waals surface area contributed by atoms with E-state index in [1.54, 1.807) is 35.1 Å². The Morgan fingerprint density at radius 1 is 1.15 bits per heavy atom. The Hall–Kier alpha value is -2.74. The van der Waals surface area contributed by atoms with Gasteiger partial charge in [-0.05, 0) is 64.0 Å². The summed E-state index contributed by atoms with van der Waals surface area (Å²) in [5, 5.41) is 17.0. The number of rotatable bonds is 5. The number of amides is 2. The zero-order chi connectivity index (χ0) is 18.5. The van der Waals surface area contributed by atoms with Gasteiger partial charge in [-0.1, -0.05) is 5.21 Å². The minimum absolute atomic E-state index is 0.0736. The number of benzene rings is 1. The Kier molecular flexibility index (Phi) is 5.62. The molecule has 2 heterocycles. The molecule has 138 valence electrons. The van der Waals surface area contributed by atoms with Crippen LogP contribution >= 0.6 is 0 Å². The first kappa shape index (κ1) is 18.1. The van der Waals surface area contributed by atoms with Crippen molar-refractivity contribution in [2.45, 2.75) is 38.8 Å². The van der Waals surface area contributed by atoms with Crippen molar-refractivity contribution < 1.29 is 9.59 Å². The van der Waals surface area contributed by atoms with Crippen LogP contribution in [0.2, 0.25) is 0 Å². The van der Waals surface area contributed by atoms with Gasteiger partial charge in [0.05, 0.1) is 12.2 Å². The van der Waals surface area contributed by atoms with Gasteiger partial charge in [-0.15, -0.1) is 5.10 Å². The lowest BCUT2D eigenvalue weighted by Gasteiger charge is -2.22. The molecule has 0 saturated carbocycles. The Bertz CT molecular complexity index is 762. The van der Waals surface area contributed by atoms with Gasteiger partial charge in [0.15, 0.2) is 5.69 Å². The van der Waals surface area contributed by atoms with Gasteiger partial charge in [0.1, 0.15) is 0 Å². The average molecular weight is 356 g/mol. The number of hydrogen-bond acceptors (Lipinski definition) is 5. The van der Waals surface area contributed by atoms with Gasteiger partial charge in [0.25, 0.3) is 11.8 Å². The summed E-state index contributed by atoms with van der Waals surface area (Å²) in [6.45, 7) is 5.71. The quantitative estimate of drug-likeness (QED) is 0.755. The largest absolute Gasteiger partial charge is 0.350 e. The topological polar surface area (TPSA) is 101 Å². The van der Waals surface area contributed by atoms with Crippen LogP contribution in [0.25, 0.3) is 0 Å². The lowest BCUT2D eigenvalue weighted by molar-refractivity contribution is 0.0942. The van der Waals surface area contributed by atoms with Crippen LogP contribution in [-0.2, 0) is 0 Å². The zero-order valence-electron chi connectivity index (χ0n) is 15.0. The molecular formula is C18H24N6O2. The molecule has 8 nitrogen and oxygen atoms in total.